The van der Waals surface area contributed by atoms with Crippen molar-refractivity contribution in [3.8, 4) is 0 Å². The van der Waals surface area contributed by atoms with Crippen molar-refractivity contribution in [1.82, 2.24) is 0 Å². The molecule has 0 N–H and O–H groups in total. The van der Waals surface area contributed by atoms with Crippen LogP contribution in [0.3, 0.4) is 0 Å². The zero-order valence-electron chi connectivity index (χ0n) is 19.1. The molecule has 0 saturated carbocycles. The lowest BCUT2D eigenvalue weighted by Gasteiger charge is -2.48. The SMILES string of the molecule is Cc1ccsc1C(=O)N1c2ccccc2C2(c3ccccc3Sc3ccccc32)c2ccccc21. The highest BCUT2D eigenvalue weighted by molar-refractivity contribution is 7.99. The van der Waals surface area contributed by atoms with Gasteiger partial charge < -0.3 is 0 Å². The number of fused-ring (bicyclic) bond motifs is 8. The van der Waals surface area contributed by atoms with Crippen LogP contribution in [0.4, 0.5) is 11.4 Å². The Balaban J connectivity index is 1.62. The smallest absolute Gasteiger partial charge is 0.273 e. The molecule has 5 aromatic rings. The van der Waals surface area contributed by atoms with E-state index in [9.17, 15) is 4.79 Å². The summed E-state index contributed by atoms with van der Waals surface area (Å²) in [5.41, 5.74) is 7.21. The Morgan fingerprint density at radius 1 is 0.657 bits per heavy atom. The number of anilines is 2. The van der Waals surface area contributed by atoms with Gasteiger partial charge in [0.25, 0.3) is 5.91 Å². The van der Waals surface area contributed by atoms with E-state index in [-0.39, 0.29) is 5.91 Å². The lowest BCUT2D eigenvalue weighted by atomic mass is 9.62. The number of thiophene rings is 1. The number of hydrogen-bond donors (Lipinski definition) is 0. The molecule has 1 spiro atoms. The number of para-hydroxylation sites is 2. The molecule has 168 valence electrons. The summed E-state index contributed by atoms with van der Waals surface area (Å²) < 4.78 is 0. The van der Waals surface area contributed by atoms with Gasteiger partial charge in [0, 0.05) is 9.79 Å². The third-order valence-electron chi connectivity index (χ3n) is 7.16. The third-order valence-corrected chi connectivity index (χ3v) is 9.32. The summed E-state index contributed by atoms with van der Waals surface area (Å²) in [6.45, 7) is 2.01. The van der Waals surface area contributed by atoms with Crippen molar-refractivity contribution < 1.29 is 4.79 Å². The molecule has 4 aromatic carbocycles. The van der Waals surface area contributed by atoms with Gasteiger partial charge in [-0.05, 0) is 70.5 Å². The lowest BCUT2D eigenvalue weighted by molar-refractivity contribution is 0.100. The summed E-state index contributed by atoms with van der Waals surface area (Å²) in [4.78, 5) is 19.3. The molecular weight excluding hydrogens is 466 g/mol. The molecule has 2 aliphatic rings. The van der Waals surface area contributed by atoms with E-state index in [1.54, 1.807) is 0 Å². The van der Waals surface area contributed by atoms with Gasteiger partial charge in [0.2, 0.25) is 0 Å². The first-order valence-electron chi connectivity index (χ1n) is 11.7. The number of benzene rings is 4. The number of nitrogens with zero attached hydrogens (tertiary/aromatic N) is 1. The minimum absolute atomic E-state index is 0.0269. The molecule has 4 heteroatoms. The number of rotatable bonds is 1. The average molecular weight is 488 g/mol. The van der Waals surface area contributed by atoms with Gasteiger partial charge in [0.05, 0.1) is 21.7 Å². The maximum Gasteiger partial charge on any atom is 0.273 e. The lowest BCUT2D eigenvalue weighted by Crippen LogP contribution is -2.42. The molecule has 0 saturated heterocycles. The highest BCUT2D eigenvalue weighted by Crippen LogP contribution is 2.61. The number of carbonyl (C=O) groups excluding carboxylic acids is 1. The largest absolute Gasteiger partial charge is 0.276 e. The molecular formula is C31H21NOS2. The Bertz CT molecular complexity index is 1540. The van der Waals surface area contributed by atoms with E-state index < -0.39 is 5.41 Å². The highest BCUT2D eigenvalue weighted by atomic mass is 32.2. The minimum Gasteiger partial charge on any atom is -0.276 e. The van der Waals surface area contributed by atoms with Crippen molar-refractivity contribution in [2.24, 2.45) is 0 Å². The van der Waals surface area contributed by atoms with Crippen LogP contribution in [0, 0.1) is 6.92 Å². The van der Waals surface area contributed by atoms with Gasteiger partial charge in [-0.3, -0.25) is 9.69 Å². The van der Waals surface area contributed by atoms with Crippen molar-refractivity contribution in [1.29, 1.82) is 0 Å². The summed E-state index contributed by atoms with van der Waals surface area (Å²) in [6, 6.07) is 36.3. The van der Waals surface area contributed by atoms with Gasteiger partial charge >= 0.3 is 0 Å². The summed E-state index contributed by atoms with van der Waals surface area (Å²) in [5, 5.41) is 2.00. The first-order chi connectivity index (χ1) is 17.2. The molecule has 0 unspecified atom stereocenters. The molecule has 0 atom stereocenters. The molecule has 2 aliphatic heterocycles. The third kappa shape index (κ3) is 2.75. The summed E-state index contributed by atoms with van der Waals surface area (Å²) >= 11 is 3.34. The first kappa shape index (κ1) is 20.7. The maximum absolute atomic E-state index is 14.1. The highest BCUT2D eigenvalue weighted by Gasteiger charge is 2.50. The van der Waals surface area contributed by atoms with Crippen molar-refractivity contribution in [3.63, 3.8) is 0 Å². The summed E-state index contributed by atoms with van der Waals surface area (Å²) in [6.07, 6.45) is 0. The van der Waals surface area contributed by atoms with Crippen molar-refractivity contribution >= 4 is 40.4 Å². The normalized spacial score (nSPS) is 14.6. The van der Waals surface area contributed by atoms with E-state index in [2.05, 4.69) is 84.9 Å². The monoisotopic (exact) mass is 487 g/mol. The van der Waals surface area contributed by atoms with Gasteiger partial charge in [0.15, 0.2) is 0 Å². The van der Waals surface area contributed by atoms with Crippen LogP contribution in [0.1, 0.15) is 37.5 Å². The molecule has 0 radical (unpaired) electrons. The van der Waals surface area contributed by atoms with Crippen LogP contribution in [-0.4, -0.2) is 5.91 Å². The Morgan fingerprint density at radius 2 is 1.14 bits per heavy atom. The van der Waals surface area contributed by atoms with Crippen molar-refractivity contribution in [3.05, 3.63) is 141 Å². The Labute approximate surface area is 212 Å². The second-order valence-corrected chi connectivity index (χ2v) is 11.0. The fourth-order valence-electron chi connectivity index (χ4n) is 5.73. The molecule has 1 aromatic heterocycles. The van der Waals surface area contributed by atoms with Gasteiger partial charge in [-0.1, -0.05) is 84.6 Å². The number of amides is 1. The zero-order valence-corrected chi connectivity index (χ0v) is 20.7. The number of carbonyl (C=O) groups is 1. The zero-order chi connectivity index (χ0) is 23.6. The molecule has 35 heavy (non-hydrogen) atoms. The Morgan fingerprint density at radius 3 is 1.66 bits per heavy atom. The minimum atomic E-state index is -0.507. The van der Waals surface area contributed by atoms with E-state index in [1.807, 2.05) is 47.2 Å². The fourth-order valence-corrected chi connectivity index (χ4v) is 7.78. The van der Waals surface area contributed by atoms with E-state index >= 15 is 0 Å². The van der Waals surface area contributed by atoms with Crippen LogP contribution >= 0.6 is 23.1 Å². The van der Waals surface area contributed by atoms with E-state index in [1.165, 1.54) is 32.3 Å². The molecule has 3 heterocycles. The fraction of sp³-hybridized carbons (Fsp3) is 0.0645. The summed E-state index contributed by atoms with van der Waals surface area (Å²) in [5.74, 6) is 0.0269. The Kier molecular flexibility index (Phi) is 4.57. The molecule has 2 nitrogen and oxygen atoms in total. The van der Waals surface area contributed by atoms with Crippen molar-refractivity contribution in [2.45, 2.75) is 22.1 Å². The molecule has 0 aliphatic carbocycles. The predicted molar refractivity (Wildman–Crippen MR) is 144 cm³/mol. The standard InChI is InChI=1S/C31H21NOS2/c1-20-18-19-34-29(20)30(33)32-25-14-6-2-10-21(25)31(22-11-3-7-15-26(22)32)23-12-4-8-16-27(23)35-28-17-9-5-13-24(28)31/h2-19H,1H3. The van der Waals surface area contributed by atoms with Gasteiger partial charge in [-0.2, -0.15) is 0 Å². The van der Waals surface area contributed by atoms with Gasteiger partial charge in [0.1, 0.15) is 0 Å². The quantitative estimate of drug-likeness (QED) is 0.233. The predicted octanol–water partition coefficient (Wildman–Crippen LogP) is 8.20. The van der Waals surface area contributed by atoms with E-state index in [0.29, 0.717) is 0 Å². The number of aryl methyl sites for hydroxylation is 1. The molecule has 1 amide bonds. The maximum atomic E-state index is 14.1. The van der Waals surface area contributed by atoms with Crippen LogP contribution in [-0.2, 0) is 5.41 Å². The van der Waals surface area contributed by atoms with Gasteiger partial charge in [-0.25, -0.2) is 0 Å². The van der Waals surface area contributed by atoms with Crippen LogP contribution < -0.4 is 4.90 Å². The van der Waals surface area contributed by atoms with Crippen LogP contribution in [0.15, 0.2) is 118 Å². The molecule has 0 fully saturated rings. The van der Waals surface area contributed by atoms with E-state index in [4.69, 9.17) is 0 Å². The molecule has 7 rings (SSSR count). The first-order valence-corrected chi connectivity index (χ1v) is 13.4. The van der Waals surface area contributed by atoms with Crippen LogP contribution in [0.2, 0.25) is 0 Å². The van der Waals surface area contributed by atoms with Crippen LogP contribution in [0.5, 0.6) is 0 Å². The summed E-state index contributed by atoms with van der Waals surface area (Å²) in [7, 11) is 0. The average Bonchev–Trinajstić information content (AvgIpc) is 3.34. The topological polar surface area (TPSA) is 20.3 Å². The van der Waals surface area contributed by atoms with E-state index in [0.717, 1.165) is 32.9 Å². The molecule has 0 bridgehead atoms. The second kappa shape index (κ2) is 7.70. The van der Waals surface area contributed by atoms with Crippen LogP contribution in [0.25, 0.3) is 0 Å². The van der Waals surface area contributed by atoms with Gasteiger partial charge in [-0.15, -0.1) is 11.3 Å². The second-order valence-electron chi connectivity index (χ2n) is 8.95. The number of hydrogen-bond acceptors (Lipinski definition) is 3. The Hall–Kier alpha value is -3.60. The van der Waals surface area contributed by atoms with Crippen molar-refractivity contribution in [2.75, 3.05) is 4.90 Å².